The monoisotopic (exact) mass is 318 g/mol. The number of carbonyl (C=O) groups excluding carboxylic acids is 1. The Morgan fingerprint density at radius 1 is 1.39 bits per heavy atom. The summed E-state index contributed by atoms with van der Waals surface area (Å²) >= 11 is 0. The minimum atomic E-state index is -0.409. The molecule has 1 aliphatic rings. The molecule has 6 nitrogen and oxygen atoms in total. The van der Waals surface area contributed by atoms with Crippen molar-refractivity contribution in [3.05, 3.63) is 40.7 Å². The van der Waals surface area contributed by atoms with Crippen LogP contribution < -0.4 is 11.3 Å². The molecule has 1 aromatic heterocycles. The Morgan fingerprint density at radius 3 is 3.00 bits per heavy atom. The van der Waals surface area contributed by atoms with Crippen LogP contribution in [-0.2, 0) is 11.3 Å². The molecule has 1 aromatic carbocycles. The van der Waals surface area contributed by atoms with E-state index >= 15 is 0 Å². The quantitative estimate of drug-likeness (QED) is 0.901. The zero-order valence-electron chi connectivity index (χ0n) is 12.7. The van der Waals surface area contributed by atoms with Crippen LogP contribution in [0.5, 0.6) is 0 Å². The number of aromatic nitrogens is 2. The van der Waals surface area contributed by atoms with E-state index in [0.29, 0.717) is 30.5 Å². The molecule has 1 atom stereocenters. The lowest BCUT2D eigenvalue weighted by atomic mass is 9.97. The summed E-state index contributed by atoms with van der Waals surface area (Å²) in [5.74, 6) is -0.785. The van der Waals surface area contributed by atoms with Gasteiger partial charge in [0.1, 0.15) is 5.82 Å². The molecule has 122 valence electrons. The van der Waals surface area contributed by atoms with Gasteiger partial charge in [0.05, 0.1) is 23.1 Å². The van der Waals surface area contributed by atoms with Crippen LogP contribution in [0.25, 0.3) is 10.9 Å². The van der Waals surface area contributed by atoms with E-state index in [1.54, 1.807) is 0 Å². The van der Waals surface area contributed by atoms with Gasteiger partial charge in [0.15, 0.2) is 0 Å². The molecular weight excluding hydrogens is 299 g/mol. The summed E-state index contributed by atoms with van der Waals surface area (Å²) in [5.41, 5.74) is 5.55. The minimum Gasteiger partial charge on any atom is -0.369 e. The third kappa shape index (κ3) is 3.39. The second-order valence-electron chi connectivity index (χ2n) is 5.95. The standard InChI is InChI=1S/C16H19FN4O2/c17-12-3-4-13-14(8-12)19-10-21(16(13)23)7-6-20-5-1-2-11(9-20)15(18)22/h3-4,8,10-11H,1-2,5-7,9H2,(H2,18,22). The number of halogens is 1. The zero-order valence-corrected chi connectivity index (χ0v) is 12.7. The molecule has 1 amide bonds. The van der Waals surface area contributed by atoms with Gasteiger partial charge in [-0.05, 0) is 31.5 Å². The maximum absolute atomic E-state index is 13.2. The molecular formula is C16H19FN4O2. The second kappa shape index (κ2) is 6.45. The molecule has 7 heteroatoms. The summed E-state index contributed by atoms with van der Waals surface area (Å²) in [6.07, 6.45) is 3.20. The van der Waals surface area contributed by atoms with E-state index in [1.165, 1.54) is 29.1 Å². The number of nitrogens with two attached hydrogens (primary N) is 1. The number of benzene rings is 1. The van der Waals surface area contributed by atoms with E-state index in [9.17, 15) is 14.0 Å². The Labute approximate surface area is 132 Å². The van der Waals surface area contributed by atoms with Crippen LogP contribution in [0.4, 0.5) is 4.39 Å². The predicted molar refractivity (Wildman–Crippen MR) is 84.3 cm³/mol. The highest BCUT2D eigenvalue weighted by Gasteiger charge is 2.23. The highest BCUT2D eigenvalue weighted by atomic mass is 19.1. The van der Waals surface area contributed by atoms with Crippen LogP contribution in [0.15, 0.2) is 29.3 Å². The lowest BCUT2D eigenvalue weighted by Crippen LogP contribution is -2.42. The number of hydrogen-bond donors (Lipinski definition) is 1. The number of piperidine rings is 1. The maximum Gasteiger partial charge on any atom is 0.261 e. The molecule has 3 rings (SSSR count). The molecule has 1 unspecified atom stereocenters. The molecule has 1 saturated heterocycles. The lowest BCUT2D eigenvalue weighted by Gasteiger charge is -2.31. The van der Waals surface area contributed by atoms with Gasteiger partial charge in [-0.2, -0.15) is 0 Å². The van der Waals surface area contributed by atoms with Crippen molar-refractivity contribution >= 4 is 16.8 Å². The number of likely N-dealkylation sites (tertiary alicyclic amines) is 1. The normalized spacial score (nSPS) is 19.1. The number of primary amides is 1. The Hall–Kier alpha value is -2.28. The van der Waals surface area contributed by atoms with E-state index in [2.05, 4.69) is 9.88 Å². The van der Waals surface area contributed by atoms with Gasteiger partial charge < -0.3 is 10.6 Å². The Balaban J connectivity index is 1.72. The first kappa shape index (κ1) is 15.6. The van der Waals surface area contributed by atoms with Gasteiger partial charge in [0.2, 0.25) is 5.91 Å². The highest BCUT2D eigenvalue weighted by Crippen LogP contribution is 2.15. The van der Waals surface area contributed by atoms with E-state index in [-0.39, 0.29) is 17.4 Å². The molecule has 1 fully saturated rings. The largest absolute Gasteiger partial charge is 0.369 e. The third-order valence-electron chi connectivity index (χ3n) is 4.35. The fraction of sp³-hybridized carbons (Fsp3) is 0.438. The number of rotatable bonds is 4. The number of amides is 1. The van der Waals surface area contributed by atoms with E-state index in [4.69, 9.17) is 5.73 Å². The van der Waals surface area contributed by atoms with Gasteiger partial charge in [-0.25, -0.2) is 9.37 Å². The van der Waals surface area contributed by atoms with Crippen molar-refractivity contribution in [2.45, 2.75) is 19.4 Å². The molecule has 0 saturated carbocycles. The second-order valence-corrected chi connectivity index (χ2v) is 5.95. The topological polar surface area (TPSA) is 81.2 Å². The van der Waals surface area contributed by atoms with Gasteiger partial charge in [0, 0.05) is 25.7 Å². The van der Waals surface area contributed by atoms with Crippen LogP contribution in [0.1, 0.15) is 12.8 Å². The number of carbonyl (C=O) groups is 1. The average molecular weight is 318 g/mol. The van der Waals surface area contributed by atoms with Crippen LogP contribution >= 0.6 is 0 Å². The summed E-state index contributed by atoms with van der Waals surface area (Å²) in [7, 11) is 0. The highest BCUT2D eigenvalue weighted by molar-refractivity contribution is 5.77. The van der Waals surface area contributed by atoms with Crippen molar-refractivity contribution in [1.82, 2.24) is 14.5 Å². The van der Waals surface area contributed by atoms with Crippen LogP contribution in [0.3, 0.4) is 0 Å². The summed E-state index contributed by atoms with van der Waals surface area (Å²) in [4.78, 5) is 30.0. The van der Waals surface area contributed by atoms with Gasteiger partial charge in [-0.3, -0.25) is 14.2 Å². The van der Waals surface area contributed by atoms with Gasteiger partial charge in [-0.15, -0.1) is 0 Å². The van der Waals surface area contributed by atoms with E-state index in [0.717, 1.165) is 19.4 Å². The van der Waals surface area contributed by atoms with Gasteiger partial charge in [-0.1, -0.05) is 0 Å². The maximum atomic E-state index is 13.2. The summed E-state index contributed by atoms with van der Waals surface area (Å²) in [6, 6.07) is 3.97. The predicted octanol–water partition coefficient (Wildman–Crippen LogP) is 0.733. The van der Waals surface area contributed by atoms with Gasteiger partial charge >= 0.3 is 0 Å². The molecule has 1 aliphatic heterocycles. The molecule has 23 heavy (non-hydrogen) atoms. The van der Waals surface area contributed by atoms with Crippen molar-refractivity contribution in [3.8, 4) is 0 Å². The molecule has 2 aromatic rings. The molecule has 0 spiro atoms. The summed E-state index contributed by atoms with van der Waals surface area (Å²) in [5, 5.41) is 0.405. The SMILES string of the molecule is NC(=O)C1CCCN(CCn2cnc3cc(F)ccc3c2=O)C1. The van der Waals surface area contributed by atoms with E-state index < -0.39 is 5.82 Å². The van der Waals surface area contributed by atoms with Crippen LogP contribution in [0, 0.1) is 11.7 Å². The molecule has 0 radical (unpaired) electrons. The Bertz CT molecular complexity index is 789. The van der Waals surface area contributed by atoms with Crippen molar-refractivity contribution in [3.63, 3.8) is 0 Å². The smallest absolute Gasteiger partial charge is 0.261 e. The number of hydrogen-bond acceptors (Lipinski definition) is 4. The molecule has 0 aliphatic carbocycles. The first-order chi connectivity index (χ1) is 11.0. The fourth-order valence-corrected chi connectivity index (χ4v) is 3.03. The van der Waals surface area contributed by atoms with Crippen LogP contribution in [0.2, 0.25) is 0 Å². The van der Waals surface area contributed by atoms with Crippen molar-refractivity contribution < 1.29 is 9.18 Å². The van der Waals surface area contributed by atoms with Crippen LogP contribution in [-0.4, -0.2) is 40.0 Å². The average Bonchev–Trinajstić information content (AvgIpc) is 2.54. The molecule has 0 bridgehead atoms. The van der Waals surface area contributed by atoms with Gasteiger partial charge in [0.25, 0.3) is 5.56 Å². The third-order valence-corrected chi connectivity index (χ3v) is 4.35. The first-order valence-electron chi connectivity index (χ1n) is 7.71. The summed E-state index contributed by atoms with van der Waals surface area (Å²) < 4.78 is 14.7. The zero-order chi connectivity index (χ0) is 16.4. The van der Waals surface area contributed by atoms with Crippen molar-refractivity contribution in [2.75, 3.05) is 19.6 Å². The Kier molecular flexibility index (Phi) is 4.38. The van der Waals surface area contributed by atoms with Crippen molar-refractivity contribution in [1.29, 1.82) is 0 Å². The number of fused-ring (bicyclic) bond motifs is 1. The number of nitrogens with zero attached hydrogens (tertiary/aromatic N) is 3. The first-order valence-corrected chi connectivity index (χ1v) is 7.71. The lowest BCUT2D eigenvalue weighted by molar-refractivity contribution is -0.123. The Morgan fingerprint density at radius 2 is 2.22 bits per heavy atom. The fourth-order valence-electron chi connectivity index (χ4n) is 3.03. The molecule has 2 N–H and O–H groups in total. The van der Waals surface area contributed by atoms with E-state index in [1.807, 2.05) is 0 Å². The minimum absolute atomic E-state index is 0.113. The van der Waals surface area contributed by atoms with Crippen molar-refractivity contribution in [2.24, 2.45) is 11.7 Å². The molecule has 2 heterocycles. The summed E-state index contributed by atoms with van der Waals surface area (Å²) in [6.45, 7) is 2.66.